The molecule has 2 N–H and O–H groups in total. The minimum Gasteiger partial charge on any atom is -0.457 e. The Balaban J connectivity index is 1.61. The topological polar surface area (TPSA) is 114 Å². The molecule has 10 heteroatoms. The molecule has 0 saturated heterocycles. The lowest BCUT2D eigenvalue weighted by atomic mass is 9.44. The van der Waals surface area contributed by atoms with Crippen molar-refractivity contribution < 1.29 is 42.5 Å². The molecule has 3 saturated carbocycles. The van der Waals surface area contributed by atoms with Crippen molar-refractivity contribution in [3.63, 3.8) is 0 Å². The molecule has 0 bridgehead atoms. The number of allylic oxidation sites excluding steroid dienone is 4. The maximum Gasteiger partial charge on any atom is 0.375 e. The molecule has 9 atom stereocenters. The van der Waals surface area contributed by atoms with Crippen LogP contribution in [0.1, 0.15) is 50.6 Å². The van der Waals surface area contributed by atoms with Crippen molar-refractivity contribution in [3.8, 4) is 11.8 Å². The monoisotopic (exact) mass is 574 g/mol. The van der Waals surface area contributed by atoms with Gasteiger partial charge in [-0.1, -0.05) is 43.5 Å². The Morgan fingerprint density at radius 2 is 2.00 bits per heavy atom. The molecule has 1 aromatic heterocycles. The van der Waals surface area contributed by atoms with Gasteiger partial charge in [0.2, 0.25) is 10.9 Å². The summed E-state index contributed by atoms with van der Waals surface area (Å²) in [5.74, 6) is 1.45. The van der Waals surface area contributed by atoms with Crippen LogP contribution in [0.5, 0.6) is 0 Å². The van der Waals surface area contributed by atoms with Crippen LogP contribution >= 0.6 is 11.8 Å². The number of aliphatic hydroxyl groups is 2. The molecule has 40 heavy (non-hydrogen) atoms. The highest BCUT2D eigenvalue weighted by atomic mass is 32.2. The highest BCUT2D eigenvalue weighted by Gasteiger charge is 2.78. The molecule has 5 rings (SSSR count). The van der Waals surface area contributed by atoms with Gasteiger partial charge in [-0.15, -0.1) is 0 Å². The number of rotatable bonds is 4. The van der Waals surface area contributed by atoms with E-state index in [9.17, 15) is 19.5 Å². The molecule has 4 aliphatic carbocycles. The minimum absolute atomic E-state index is 0.0112. The Morgan fingerprint density at radius 3 is 2.67 bits per heavy atom. The lowest BCUT2D eigenvalue weighted by molar-refractivity contribution is -0.221. The molecular weight excluding hydrogens is 542 g/mol. The van der Waals surface area contributed by atoms with E-state index < -0.39 is 69.0 Å². The summed E-state index contributed by atoms with van der Waals surface area (Å²) in [6, 6.07) is 2.91. The second-order valence-electron chi connectivity index (χ2n) is 11.7. The SMILES string of the molecule is C[C@@H]1C[C@H]2[C@@H]3C[C@H](F)C4=CC(=O)C=C[C@]4(C)[C@@]3(F)[C@@H](O)C[C@]2(C)[C@@]1(OC(=O)c1ccco1)C(=O)SCC#CCO. The van der Waals surface area contributed by atoms with Gasteiger partial charge in [-0.3, -0.25) is 9.59 Å². The first kappa shape index (κ1) is 28.8. The number of hydrogen-bond donors (Lipinski definition) is 2. The summed E-state index contributed by atoms with van der Waals surface area (Å²) in [4.78, 5) is 39.4. The standard InChI is InChI=1S/C30H32F2O7S/c1-17-13-19-20-15-22(31)21-14-18(34)8-9-27(21,2)29(20,32)24(35)16-28(19,3)30(17,26(37)40-12-5-4-10-33)39-25(36)23-7-6-11-38-23/h6-9,11,14,17,19-20,22,24,33,35H,10,12-13,15-16H2,1-3H3/t17-,19+,20+,22+,24+,27+,28+,29+,30+/m1/s1. The molecule has 0 aliphatic heterocycles. The summed E-state index contributed by atoms with van der Waals surface area (Å²) in [6.07, 6.45) is 1.43. The third kappa shape index (κ3) is 3.81. The van der Waals surface area contributed by atoms with Gasteiger partial charge in [0.15, 0.2) is 17.1 Å². The first-order valence-corrected chi connectivity index (χ1v) is 14.3. The van der Waals surface area contributed by atoms with Crippen LogP contribution in [0.15, 0.2) is 46.6 Å². The quantitative estimate of drug-likeness (QED) is 0.410. The number of furan rings is 1. The van der Waals surface area contributed by atoms with Crippen LogP contribution in [0, 0.1) is 40.4 Å². The molecule has 0 amide bonds. The number of thioether (sulfide) groups is 1. The molecule has 0 spiro atoms. The van der Waals surface area contributed by atoms with E-state index in [1.54, 1.807) is 13.8 Å². The van der Waals surface area contributed by atoms with E-state index in [0.29, 0.717) is 0 Å². The van der Waals surface area contributed by atoms with Gasteiger partial charge < -0.3 is 19.4 Å². The average Bonchev–Trinajstić information content (AvgIpc) is 3.52. The van der Waals surface area contributed by atoms with Crippen molar-refractivity contribution in [2.75, 3.05) is 12.4 Å². The van der Waals surface area contributed by atoms with E-state index in [1.807, 2.05) is 0 Å². The van der Waals surface area contributed by atoms with Gasteiger partial charge in [-0.25, -0.2) is 13.6 Å². The maximum absolute atomic E-state index is 17.5. The summed E-state index contributed by atoms with van der Waals surface area (Å²) in [5, 5.41) is 20.1. The fourth-order valence-electron chi connectivity index (χ4n) is 8.12. The van der Waals surface area contributed by atoms with Gasteiger partial charge in [0.05, 0.1) is 18.1 Å². The zero-order valence-electron chi connectivity index (χ0n) is 22.5. The number of carbonyl (C=O) groups is 3. The number of alkyl halides is 2. The smallest absolute Gasteiger partial charge is 0.375 e. The van der Waals surface area contributed by atoms with Gasteiger partial charge in [0.1, 0.15) is 12.8 Å². The lowest BCUT2D eigenvalue weighted by Gasteiger charge is -2.63. The van der Waals surface area contributed by atoms with Gasteiger partial charge >= 0.3 is 5.97 Å². The zero-order chi connectivity index (χ0) is 29.1. The number of aliphatic hydroxyl groups excluding tert-OH is 2. The molecule has 3 fully saturated rings. The predicted octanol–water partition coefficient (Wildman–Crippen LogP) is 4.00. The Hall–Kier alpha value is -2.74. The number of ether oxygens (including phenoxy) is 1. The third-order valence-corrected chi connectivity index (χ3v) is 10.8. The van der Waals surface area contributed by atoms with Crippen molar-refractivity contribution in [3.05, 3.63) is 48.0 Å². The minimum atomic E-state index is -2.33. The molecular formula is C30H32F2O7S. The van der Waals surface area contributed by atoms with Gasteiger partial charge in [0.25, 0.3) is 0 Å². The van der Waals surface area contributed by atoms with Crippen LogP contribution in [0.2, 0.25) is 0 Å². The van der Waals surface area contributed by atoms with Crippen molar-refractivity contribution >= 4 is 28.6 Å². The van der Waals surface area contributed by atoms with E-state index in [1.165, 1.54) is 37.5 Å². The van der Waals surface area contributed by atoms with Crippen LogP contribution < -0.4 is 0 Å². The fraction of sp³-hybridized carbons (Fsp3) is 0.567. The number of carbonyl (C=O) groups excluding carboxylic acids is 3. The van der Waals surface area contributed by atoms with Crippen molar-refractivity contribution in [1.29, 1.82) is 0 Å². The Kier molecular flexibility index (Phi) is 7.17. The molecule has 1 aromatic rings. The molecule has 7 nitrogen and oxygen atoms in total. The van der Waals surface area contributed by atoms with Crippen LogP contribution in [-0.4, -0.2) is 63.0 Å². The Bertz CT molecular complexity index is 1350. The molecule has 0 radical (unpaired) electrons. The first-order chi connectivity index (χ1) is 18.9. The number of fused-ring (bicyclic) bond motifs is 5. The van der Waals surface area contributed by atoms with Crippen LogP contribution in [0.4, 0.5) is 8.78 Å². The average molecular weight is 575 g/mol. The highest BCUT2D eigenvalue weighted by molar-refractivity contribution is 8.14. The number of ketones is 1. The fourth-order valence-corrected chi connectivity index (χ4v) is 9.12. The van der Waals surface area contributed by atoms with Crippen LogP contribution in [0.3, 0.4) is 0 Å². The van der Waals surface area contributed by atoms with E-state index in [0.717, 1.165) is 17.8 Å². The zero-order valence-corrected chi connectivity index (χ0v) is 23.3. The van der Waals surface area contributed by atoms with Crippen LogP contribution in [0.25, 0.3) is 0 Å². The van der Waals surface area contributed by atoms with E-state index in [4.69, 9.17) is 14.3 Å². The number of esters is 1. The van der Waals surface area contributed by atoms with Crippen molar-refractivity contribution in [2.45, 2.75) is 63.6 Å². The van der Waals surface area contributed by atoms with Gasteiger partial charge in [-0.05, 0) is 62.0 Å². The van der Waals surface area contributed by atoms with E-state index >= 15 is 8.78 Å². The largest absolute Gasteiger partial charge is 0.457 e. The Morgan fingerprint density at radius 1 is 1.25 bits per heavy atom. The first-order valence-electron chi connectivity index (χ1n) is 13.3. The Labute approximate surface area is 235 Å². The summed E-state index contributed by atoms with van der Waals surface area (Å²) in [5.41, 5.74) is -6.96. The van der Waals surface area contributed by atoms with Gasteiger partial charge in [-0.2, -0.15) is 0 Å². The maximum atomic E-state index is 17.5. The summed E-state index contributed by atoms with van der Waals surface area (Å²) < 4.78 is 44.6. The summed E-state index contributed by atoms with van der Waals surface area (Å²) >= 11 is 0.819. The van der Waals surface area contributed by atoms with Crippen LogP contribution in [-0.2, 0) is 14.3 Å². The number of hydrogen-bond acceptors (Lipinski definition) is 8. The van der Waals surface area contributed by atoms with Crippen molar-refractivity contribution in [1.82, 2.24) is 0 Å². The summed E-state index contributed by atoms with van der Waals surface area (Å²) in [6.45, 7) is 4.58. The second kappa shape index (κ2) is 9.97. The predicted molar refractivity (Wildman–Crippen MR) is 142 cm³/mol. The van der Waals surface area contributed by atoms with Crippen molar-refractivity contribution in [2.24, 2.45) is 28.6 Å². The lowest BCUT2D eigenvalue weighted by Crippen LogP contribution is -2.70. The van der Waals surface area contributed by atoms with Gasteiger partial charge in [0, 0.05) is 22.7 Å². The normalized spacial score (nSPS) is 41.6. The summed E-state index contributed by atoms with van der Waals surface area (Å²) in [7, 11) is 0. The molecule has 4 aliphatic rings. The highest BCUT2D eigenvalue weighted by Crippen LogP contribution is 2.72. The molecule has 0 unspecified atom stereocenters. The molecule has 1 heterocycles. The third-order valence-electron chi connectivity index (χ3n) is 9.93. The molecule has 0 aromatic carbocycles. The van der Waals surface area contributed by atoms with E-state index in [2.05, 4.69) is 11.8 Å². The second-order valence-corrected chi connectivity index (χ2v) is 12.6. The number of halogens is 2. The molecule has 214 valence electrons. The van der Waals surface area contributed by atoms with E-state index in [-0.39, 0.29) is 43.0 Å².